The minimum absolute atomic E-state index is 0.331. The smallest absolute Gasteiger partial charge is 0.241 e. The molecule has 2 aromatic rings. The second-order valence-electron chi connectivity index (χ2n) is 6.44. The van der Waals surface area contributed by atoms with Gasteiger partial charge in [-0.2, -0.15) is 0 Å². The second kappa shape index (κ2) is 8.28. The molecule has 150 valence electrons. The fourth-order valence-corrected chi connectivity index (χ4v) is 3.89. The van der Waals surface area contributed by atoms with Gasteiger partial charge in [0.05, 0.1) is 18.0 Å². The fourth-order valence-electron chi connectivity index (χ4n) is 2.86. The molecular formula is C19H21ClN2O5S. The monoisotopic (exact) mass is 424 g/mol. The van der Waals surface area contributed by atoms with Crippen LogP contribution in [0.25, 0.3) is 0 Å². The molecule has 9 heteroatoms. The van der Waals surface area contributed by atoms with Crippen molar-refractivity contribution in [1.29, 1.82) is 0 Å². The summed E-state index contributed by atoms with van der Waals surface area (Å²) in [4.78, 5) is 12.5. The van der Waals surface area contributed by atoms with Gasteiger partial charge in [-0.05, 0) is 42.8 Å². The van der Waals surface area contributed by atoms with E-state index >= 15 is 0 Å². The number of rotatable bonds is 6. The van der Waals surface area contributed by atoms with Gasteiger partial charge in [-0.3, -0.25) is 9.10 Å². The highest BCUT2D eigenvalue weighted by molar-refractivity contribution is 7.92. The van der Waals surface area contributed by atoms with E-state index in [9.17, 15) is 13.2 Å². The molecule has 0 saturated carbocycles. The molecule has 0 fully saturated rings. The van der Waals surface area contributed by atoms with Crippen molar-refractivity contribution in [2.24, 2.45) is 0 Å². The first-order chi connectivity index (χ1) is 13.2. The second-order valence-corrected chi connectivity index (χ2v) is 8.79. The summed E-state index contributed by atoms with van der Waals surface area (Å²) in [6, 6.07) is 11.4. The molecule has 1 heterocycles. The van der Waals surface area contributed by atoms with E-state index in [2.05, 4.69) is 5.32 Å². The van der Waals surface area contributed by atoms with E-state index in [-0.39, 0.29) is 12.6 Å². The van der Waals surface area contributed by atoms with E-state index < -0.39 is 15.9 Å². The third-order valence-electron chi connectivity index (χ3n) is 4.23. The molecule has 2 aromatic carbocycles. The van der Waals surface area contributed by atoms with Crippen LogP contribution in [0.1, 0.15) is 18.5 Å². The Morgan fingerprint density at radius 3 is 2.57 bits per heavy atom. The Labute approximate surface area is 169 Å². The molecule has 1 aliphatic heterocycles. The molecule has 0 spiro atoms. The van der Waals surface area contributed by atoms with Crippen LogP contribution in [-0.2, 0) is 14.8 Å². The molecule has 28 heavy (non-hydrogen) atoms. The number of benzene rings is 2. The predicted molar refractivity (Wildman–Crippen MR) is 108 cm³/mol. The fraction of sp³-hybridized carbons (Fsp3) is 0.316. The molecule has 0 bridgehead atoms. The molecule has 1 amide bonds. The van der Waals surface area contributed by atoms with Gasteiger partial charge in [-0.15, -0.1) is 0 Å². The van der Waals surface area contributed by atoms with Crippen molar-refractivity contribution in [2.75, 3.05) is 30.3 Å². The van der Waals surface area contributed by atoms with Crippen LogP contribution in [-0.4, -0.2) is 40.3 Å². The van der Waals surface area contributed by atoms with Crippen molar-refractivity contribution in [1.82, 2.24) is 5.32 Å². The number of ether oxygens (including phenoxy) is 2. The van der Waals surface area contributed by atoms with Crippen LogP contribution < -0.4 is 19.1 Å². The first-order valence-electron chi connectivity index (χ1n) is 8.66. The number of carbonyl (C=O) groups excluding carboxylic acids is 1. The van der Waals surface area contributed by atoms with Gasteiger partial charge in [-0.1, -0.05) is 23.7 Å². The number of hydrogen-bond donors (Lipinski definition) is 1. The van der Waals surface area contributed by atoms with Crippen LogP contribution in [0.15, 0.2) is 42.5 Å². The number of carbonyl (C=O) groups is 1. The number of nitrogens with one attached hydrogen (secondary N) is 1. The van der Waals surface area contributed by atoms with Crippen LogP contribution in [0.2, 0.25) is 5.02 Å². The van der Waals surface area contributed by atoms with Crippen molar-refractivity contribution >= 4 is 33.2 Å². The average molecular weight is 425 g/mol. The lowest BCUT2D eigenvalue weighted by Gasteiger charge is -2.24. The molecule has 7 nitrogen and oxygen atoms in total. The van der Waals surface area contributed by atoms with Gasteiger partial charge < -0.3 is 14.8 Å². The number of hydrogen-bond acceptors (Lipinski definition) is 5. The lowest BCUT2D eigenvalue weighted by Crippen LogP contribution is -2.41. The lowest BCUT2D eigenvalue weighted by molar-refractivity contribution is -0.120. The van der Waals surface area contributed by atoms with E-state index in [1.165, 1.54) is 6.07 Å². The third kappa shape index (κ3) is 4.88. The summed E-state index contributed by atoms with van der Waals surface area (Å²) in [6.45, 7) is 2.44. The van der Waals surface area contributed by atoms with Gasteiger partial charge in [-0.25, -0.2) is 8.42 Å². The summed E-state index contributed by atoms with van der Waals surface area (Å²) in [5, 5.41) is 3.20. The van der Waals surface area contributed by atoms with Crippen LogP contribution >= 0.6 is 11.6 Å². The Hall–Kier alpha value is -2.45. The zero-order chi connectivity index (χ0) is 20.3. The molecule has 0 radical (unpaired) electrons. The Morgan fingerprint density at radius 1 is 1.18 bits per heavy atom. The van der Waals surface area contributed by atoms with Gasteiger partial charge in [0.25, 0.3) is 0 Å². The van der Waals surface area contributed by atoms with E-state index in [0.717, 1.165) is 16.1 Å². The maximum Gasteiger partial charge on any atom is 0.241 e. The van der Waals surface area contributed by atoms with Crippen molar-refractivity contribution in [3.8, 4) is 11.5 Å². The topological polar surface area (TPSA) is 84.9 Å². The van der Waals surface area contributed by atoms with E-state index in [1.807, 2.05) is 19.1 Å². The molecule has 1 N–H and O–H groups in total. The first kappa shape index (κ1) is 20.3. The standard InChI is InChI=1S/C19H21ClN2O5S/c1-13(14-6-7-17-18(10-14)27-9-8-26-17)21-19(23)12-22(28(2,24)25)16-5-3-4-15(20)11-16/h3-7,10-11,13H,8-9,12H2,1-2H3,(H,21,23)/t13-/m0/s1. The Balaban J connectivity index is 1.72. The van der Waals surface area contributed by atoms with Gasteiger partial charge in [0.15, 0.2) is 11.5 Å². The number of fused-ring (bicyclic) bond motifs is 1. The quantitative estimate of drug-likeness (QED) is 0.770. The number of nitrogens with zero attached hydrogens (tertiary/aromatic N) is 1. The van der Waals surface area contributed by atoms with Gasteiger partial charge >= 0.3 is 0 Å². The van der Waals surface area contributed by atoms with Crippen molar-refractivity contribution < 1.29 is 22.7 Å². The maximum atomic E-state index is 12.5. The molecule has 0 unspecified atom stereocenters. The van der Waals surface area contributed by atoms with Crippen molar-refractivity contribution in [3.05, 3.63) is 53.1 Å². The zero-order valence-electron chi connectivity index (χ0n) is 15.5. The Morgan fingerprint density at radius 2 is 1.89 bits per heavy atom. The van der Waals surface area contributed by atoms with Crippen molar-refractivity contribution in [3.63, 3.8) is 0 Å². The predicted octanol–water partition coefficient (Wildman–Crippen LogP) is 2.75. The molecule has 1 atom stereocenters. The van der Waals surface area contributed by atoms with Gasteiger partial charge in [0.2, 0.25) is 15.9 Å². The molecule has 0 aliphatic carbocycles. The number of sulfonamides is 1. The number of halogens is 1. The highest BCUT2D eigenvalue weighted by Gasteiger charge is 2.22. The highest BCUT2D eigenvalue weighted by atomic mass is 35.5. The first-order valence-corrected chi connectivity index (χ1v) is 10.9. The Kier molecular flexibility index (Phi) is 6.00. The summed E-state index contributed by atoms with van der Waals surface area (Å²) < 4.78 is 36.4. The minimum atomic E-state index is -3.66. The normalized spacial score (nSPS) is 14.2. The summed E-state index contributed by atoms with van der Waals surface area (Å²) >= 11 is 5.95. The van der Waals surface area contributed by atoms with Gasteiger partial charge in [0, 0.05) is 5.02 Å². The number of amides is 1. The maximum absolute atomic E-state index is 12.5. The zero-order valence-corrected chi connectivity index (χ0v) is 17.1. The molecule has 1 aliphatic rings. The molecule has 3 rings (SSSR count). The average Bonchev–Trinajstić information content (AvgIpc) is 2.64. The van der Waals surface area contributed by atoms with Crippen LogP contribution in [0.3, 0.4) is 0 Å². The minimum Gasteiger partial charge on any atom is -0.486 e. The van der Waals surface area contributed by atoms with Crippen LogP contribution in [0, 0.1) is 0 Å². The number of anilines is 1. The molecule has 0 saturated heterocycles. The Bertz CT molecular complexity index is 980. The highest BCUT2D eigenvalue weighted by Crippen LogP contribution is 2.32. The van der Waals surface area contributed by atoms with E-state index in [1.54, 1.807) is 24.3 Å². The summed E-state index contributed by atoms with van der Waals surface area (Å²) in [5.41, 5.74) is 1.16. The van der Waals surface area contributed by atoms with E-state index in [0.29, 0.717) is 35.4 Å². The largest absolute Gasteiger partial charge is 0.486 e. The molecule has 0 aromatic heterocycles. The summed E-state index contributed by atoms with van der Waals surface area (Å²) in [6.07, 6.45) is 1.05. The summed E-state index contributed by atoms with van der Waals surface area (Å²) in [7, 11) is -3.66. The van der Waals surface area contributed by atoms with Crippen LogP contribution in [0.4, 0.5) is 5.69 Å². The van der Waals surface area contributed by atoms with Crippen LogP contribution in [0.5, 0.6) is 11.5 Å². The molecular weight excluding hydrogens is 404 g/mol. The lowest BCUT2D eigenvalue weighted by atomic mass is 10.1. The third-order valence-corrected chi connectivity index (χ3v) is 5.60. The van der Waals surface area contributed by atoms with Crippen molar-refractivity contribution in [2.45, 2.75) is 13.0 Å². The SMILES string of the molecule is C[C@H](NC(=O)CN(c1cccc(Cl)c1)S(C)(=O)=O)c1ccc2c(c1)OCCO2. The van der Waals surface area contributed by atoms with E-state index in [4.69, 9.17) is 21.1 Å². The summed E-state index contributed by atoms with van der Waals surface area (Å²) in [5.74, 6) is 0.854. The van der Waals surface area contributed by atoms with Gasteiger partial charge in [0.1, 0.15) is 19.8 Å².